The minimum absolute atomic E-state index is 0.0566. The number of fused-ring (bicyclic) bond motifs is 1. The Hall–Kier alpha value is -3.27. The van der Waals surface area contributed by atoms with E-state index in [-0.39, 0.29) is 24.7 Å². The van der Waals surface area contributed by atoms with Crippen molar-refractivity contribution < 1.29 is 29.4 Å². The van der Waals surface area contributed by atoms with E-state index in [9.17, 15) is 24.6 Å². The molecule has 10 heteroatoms. The molecule has 43 heavy (non-hydrogen) atoms. The lowest BCUT2D eigenvalue weighted by atomic mass is 9.77. The molecule has 0 spiro atoms. The van der Waals surface area contributed by atoms with Crippen LogP contribution >= 0.6 is 23.2 Å². The number of amides is 2. The van der Waals surface area contributed by atoms with Gasteiger partial charge in [-0.25, -0.2) is 5.48 Å². The first-order valence-electron chi connectivity index (χ1n) is 14.4. The first kappa shape index (κ1) is 31.2. The van der Waals surface area contributed by atoms with Gasteiger partial charge >= 0.3 is 0 Å². The second kappa shape index (κ2) is 13.6. The Bertz CT molecular complexity index is 1490. The first-order valence-corrected chi connectivity index (χ1v) is 15.2. The highest BCUT2D eigenvalue weighted by Gasteiger charge is 2.49. The van der Waals surface area contributed by atoms with E-state index in [4.69, 9.17) is 28.0 Å². The topological polar surface area (TPSA) is 116 Å². The van der Waals surface area contributed by atoms with E-state index in [1.54, 1.807) is 71.6 Å². The molecule has 0 saturated heterocycles. The number of hydrogen-bond donors (Lipinski definition) is 3. The Labute approximate surface area is 260 Å². The summed E-state index contributed by atoms with van der Waals surface area (Å²) in [5, 5.41) is 21.2. The predicted octanol–water partition coefficient (Wildman–Crippen LogP) is 5.32. The molecule has 226 valence electrons. The van der Waals surface area contributed by atoms with Crippen LogP contribution in [-0.4, -0.2) is 51.0 Å². The number of nitrogens with one attached hydrogen (secondary N) is 1. The van der Waals surface area contributed by atoms with E-state index >= 15 is 0 Å². The summed E-state index contributed by atoms with van der Waals surface area (Å²) in [5.74, 6) is -1.90. The fraction of sp³-hybridized carbons (Fsp3) is 0.364. The van der Waals surface area contributed by atoms with Gasteiger partial charge in [-0.2, -0.15) is 0 Å². The Balaban J connectivity index is 1.44. The van der Waals surface area contributed by atoms with E-state index in [0.29, 0.717) is 39.6 Å². The minimum atomic E-state index is -1.03. The van der Waals surface area contributed by atoms with Crippen molar-refractivity contribution in [3.05, 3.63) is 105 Å². The second-order valence-corrected chi connectivity index (χ2v) is 12.0. The van der Waals surface area contributed by atoms with Gasteiger partial charge in [0.05, 0.1) is 30.7 Å². The van der Waals surface area contributed by atoms with Crippen molar-refractivity contribution in [3.8, 4) is 0 Å². The van der Waals surface area contributed by atoms with E-state index in [1.165, 1.54) is 6.92 Å². The molecule has 1 unspecified atom stereocenters. The summed E-state index contributed by atoms with van der Waals surface area (Å²) < 4.78 is 0. The Morgan fingerprint density at radius 1 is 1.00 bits per heavy atom. The maximum absolute atomic E-state index is 14.1. The summed E-state index contributed by atoms with van der Waals surface area (Å²) in [6, 6.07) is 17.8. The van der Waals surface area contributed by atoms with Crippen molar-refractivity contribution in [3.63, 3.8) is 0 Å². The number of carbonyl (C=O) groups is 3. The Morgan fingerprint density at radius 3 is 2.40 bits per heavy atom. The molecule has 2 aliphatic rings. The van der Waals surface area contributed by atoms with Crippen molar-refractivity contribution in [1.82, 2.24) is 10.4 Å². The molecule has 1 aliphatic carbocycles. The summed E-state index contributed by atoms with van der Waals surface area (Å²) in [6.07, 6.45) is 1.22. The van der Waals surface area contributed by atoms with Gasteiger partial charge in [-0.15, -0.1) is 0 Å². The fourth-order valence-corrected chi connectivity index (χ4v) is 6.56. The zero-order chi connectivity index (χ0) is 30.7. The third kappa shape index (κ3) is 6.79. The van der Waals surface area contributed by atoms with Crippen LogP contribution in [0.5, 0.6) is 0 Å². The quantitative estimate of drug-likeness (QED) is 0.278. The number of hydroxylamine groups is 1. The van der Waals surface area contributed by atoms with Crippen molar-refractivity contribution in [2.45, 2.75) is 75.8 Å². The number of aliphatic hydroxyl groups excluding tert-OH is 2. The molecule has 0 aromatic heterocycles. The average molecular weight is 626 g/mol. The van der Waals surface area contributed by atoms with Gasteiger partial charge < -0.3 is 15.1 Å². The van der Waals surface area contributed by atoms with Crippen molar-refractivity contribution in [2.75, 3.05) is 0 Å². The zero-order valence-electron chi connectivity index (χ0n) is 23.7. The summed E-state index contributed by atoms with van der Waals surface area (Å²) in [4.78, 5) is 47.2. The average Bonchev–Trinajstić information content (AvgIpc) is 2.98. The van der Waals surface area contributed by atoms with Gasteiger partial charge in [0.1, 0.15) is 6.10 Å². The van der Waals surface area contributed by atoms with E-state index < -0.39 is 36.1 Å². The maximum atomic E-state index is 14.1. The van der Waals surface area contributed by atoms with Crippen LogP contribution < -0.4 is 5.48 Å². The number of aliphatic hydroxyl groups is 2. The number of rotatable bonds is 9. The monoisotopic (exact) mass is 624 g/mol. The third-order valence-corrected chi connectivity index (χ3v) is 8.83. The number of Topliss-reactive ketones (excluding diaryl/α,β-unsaturated/α-hetero) is 1. The molecule has 5 rings (SSSR count). The molecule has 1 heterocycles. The molecule has 1 aliphatic heterocycles. The molecular formula is C33H34Cl2N2O6. The van der Waals surface area contributed by atoms with Crippen LogP contribution in [0.2, 0.25) is 10.0 Å². The van der Waals surface area contributed by atoms with Gasteiger partial charge in [0, 0.05) is 22.0 Å². The van der Waals surface area contributed by atoms with E-state index in [2.05, 4.69) is 5.48 Å². The molecule has 5 atom stereocenters. The smallest absolute Gasteiger partial charge is 0.255 e. The highest BCUT2D eigenvalue weighted by molar-refractivity contribution is 6.35. The molecule has 8 nitrogen and oxygen atoms in total. The normalized spacial score (nSPS) is 22.5. The van der Waals surface area contributed by atoms with Crippen LogP contribution in [0.15, 0.2) is 66.7 Å². The lowest BCUT2D eigenvalue weighted by molar-refractivity contribution is -0.138. The van der Waals surface area contributed by atoms with E-state index in [0.717, 1.165) is 24.0 Å². The van der Waals surface area contributed by atoms with Crippen molar-refractivity contribution in [2.24, 2.45) is 0 Å². The number of nitrogens with zero attached hydrogens (tertiary/aromatic N) is 1. The standard InChI is InChI=1S/C33H34Cl2N2O6/c1-19(38)29(40)16-20-10-12-21(13-11-20)18-43-36-32(41)30-23-6-2-3-7-24(23)33(42)37(27-8-4-5-9-28(27)39)31(30)25-15-14-22(34)17-26(25)35/h2-3,6-7,10-15,17,19,27-28,30-31,38-39H,4-5,8-9,16,18H2,1H3,(H,36,41)/t19?,27-,28-,30+,31-/m0/s1. The van der Waals surface area contributed by atoms with Gasteiger partial charge in [0.25, 0.3) is 11.8 Å². The van der Waals surface area contributed by atoms with Crippen LogP contribution in [0.4, 0.5) is 0 Å². The fourth-order valence-electron chi connectivity index (χ4n) is 6.04. The van der Waals surface area contributed by atoms with Gasteiger partial charge in [-0.3, -0.25) is 19.2 Å². The number of halogens is 2. The lowest BCUT2D eigenvalue weighted by Gasteiger charge is -2.48. The highest BCUT2D eigenvalue weighted by Crippen LogP contribution is 2.47. The number of benzene rings is 3. The minimum Gasteiger partial charge on any atom is -0.391 e. The van der Waals surface area contributed by atoms with Crippen molar-refractivity contribution >= 4 is 40.8 Å². The van der Waals surface area contributed by atoms with Gasteiger partial charge in [0.2, 0.25) is 0 Å². The first-order chi connectivity index (χ1) is 20.7. The summed E-state index contributed by atoms with van der Waals surface area (Å²) in [6.45, 7) is 1.50. The molecular weight excluding hydrogens is 591 g/mol. The molecule has 3 aromatic carbocycles. The molecule has 1 saturated carbocycles. The van der Waals surface area contributed by atoms with Crippen LogP contribution in [0.3, 0.4) is 0 Å². The lowest BCUT2D eigenvalue weighted by Crippen LogP contribution is -2.55. The predicted molar refractivity (Wildman–Crippen MR) is 163 cm³/mol. The molecule has 3 N–H and O–H groups in total. The van der Waals surface area contributed by atoms with Crippen molar-refractivity contribution in [1.29, 1.82) is 0 Å². The highest BCUT2D eigenvalue weighted by atomic mass is 35.5. The maximum Gasteiger partial charge on any atom is 0.255 e. The molecule has 1 fully saturated rings. The number of carbonyl (C=O) groups excluding carboxylic acids is 3. The zero-order valence-corrected chi connectivity index (χ0v) is 25.2. The van der Waals surface area contributed by atoms with Gasteiger partial charge in [0.15, 0.2) is 5.78 Å². The molecule has 3 aromatic rings. The van der Waals surface area contributed by atoms with Gasteiger partial charge in [-0.1, -0.05) is 84.6 Å². The SMILES string of the molecule is CC(O)C(=O)Cc1ccc(CONC(=O)[C@@H]2c3ccccc3C(=O)N([C@H]3CCCC[C@@H]3O)[C@H]2c2ccc(Cl)cc2Cl)cc1. The number of hydrogen-bond acceptors (Lipinski definition) is 6. The van der Waals surface area contributed by atoms with Crippen LogP contribution in [0.1, 0.15) is 77.2 Å². The Morgan fingerprint density at radius 2 is 1.70 bits per heavy atom. The summed E-state index contributed by atoms with van der Waals surface area (Å²) >= 11 is 12.9. The molecule has 2 amide bonds. The van der Waals surface area contributed by atoms with Crippen LogP contribution in [0.25, 0.3) is 0 Å². The Kier molecular flexibility index (Phi) is 9.84. The third-order valence-electron chi connectivity index (χ3n) is 8.27. The molecule has 0 bridgehead atoms. The number of ketones is 1. The summed E-state index contributed by atoms with van der Waals surface area (Å²) in [5.41, 5.74) is 5.59. The molecule has 0 radical (unpaired) electrons. The largest absolute Gasteiger partial charge is 0.391 e. The second-order valence-electron chi connectivity index (χ2n) is 11.2. The van der Waals surface area contributed by atoms with Crippen LogP contribution in [-0.2, 0) is 27.5 Å². The van der Waals surface area contributed by atoms with Crippen LogP contribution in [0, 0.1) is 0 Å². The van der Waals surface area contributed by atoms with Gasteiger partial charge in [-0.05, 0) is 60.2 Å². The van der Waals surface area contributed by atoms with E-state index in [1.807, 2.05) is 0 Å². The summed E-state index contributed by atoms with van der Waals surface area (Å²) in [7, 11) is 0.